The van der Waals surface area contributed by atoms with Crippen molar-refractivity contribution in [3.8, 4) is 5.75 Å². The van der Waals surface area contributed by atoms with E-state index in [9.17, 15) is 9.90 Å². The van der Waals surface area contributed by atoms with Gasteiger partial charge in [0.2, 0.25) is 0 Å². The van der Waals surface area contributed by atoms with Crippen LogP contribution in [0.1, 0.15) is 17.9 Å². The summed E-state index contributed by atoms with van der Waals surface area (Å²) >= 11 is 1.60. The van der Waals surface area contributed by atoms with Gasteiger partial charge in [0, 0.05) is 11.3 Å². The number of phenolic OH excluding ortho intramolecular Hbond substituents is 1. The lowest BCUT2D eigenvalue weighted by Gasteiger charge is -2.13. The van der Waals surface area contributed by atoms with E-state index in [1.54, 1.807) is 30.8 Å². The van der Waals surface area contributed by atoms with Gasteiger partial charge in [-0.05, 0) is 13.0 Å². The maximum atomic E-state index is 11.5. The Kier molecular flexibility index (Phi) is 3.91. The molecule has 0 aliphatic carbocycles. The molecule has 0 saturated carbocycles. The minimum absolute atomic E-state index is 0.0504. The highest BCUT2D eigenvalue weighted by molar-refractivity contribution is 7.99. The van der Waals surface area contributed by atoms with Crippen molar-refractivity contribution in [2.45, 2.75) is 18.3 Å². The van der Waals surface area contributed by atoms with Crippen LogP contribution in [0.25, 0.3) is 0 Å². The first-order chi connectivity index (χ1) is 8.22. The van der Waals surface area contributed by atoms with Gasteiger partial charge in [0.05, 0.1) is 12.0 Å². The predicted molar refractivity (Wildman–Crippen MR) is 66.9 cm³/mol. The van der Waals surface area contributed by atoms with Crippen LogP contribution in [0, 0.1) is 0 Å². The SMILES string of the molecule is CCOC(=O)C1CSC(c2ccccc2O)N1. The summed E-state index contributed by atoms with van der Waals surface area (Å²) in [4.78, 5) is 11.5. The third-order valence-corrected chi connectivity index (χ3v) is 3.82. The van der Waals surface area contributed by atoms with Crippen LogP contribution in [0.2, 0.25) is 0 Å². The Balaban J connectivity index is 2.03. The molecule has 92 valence electrons. The fourth-order valence-electron chi connectivity index (χ4n) is 1.74. The zero-order valence-electron chi connectivity index (χ0n) is 9.55. The number of benzene rings is 1. The van der Waals surface area contributed by atoms with E-state index in [0.717, 1.165) is 5.56 Å². The zero-order chi connectivity index (χ0) is 12.3. The standard InChI is InChI=1S/C12H15NO3S/c1-2-16-12(15)9-7-17-11(13-9)8-5-3-4-6-10(8)14/h3-6,9,11,13-14H,2,7H2,1H3. The molecule has 2 atom stereocenters. The number of aromatic hydroxyl groups is 1. The number of carbonyl (C=O) groups is 1. The highest BCUT2D eigenvalue weighted by Crippen LogP contribution is 2.37. The summed E-state index contributed by atoms with van der Waals surface area (Å²) < 4.78 is 4.96. The molecular weight excluding hydrogens is 238 g/mol. The first-order valence-corrected chi connectivity index (χ1v) is 6.59. The summed E-state index contributed by atoms with van der Waals surface area (Å²) in [5.41, 5.74) is 0.810. The van der Waals surface area contributed by atoms with Gasteiger partial charge in [0.15, 0.2) is 0 Å². The Morgan fingerprint density at radius 2 is 2.35 bits per heavy atom. The minimum Gasteiger partial charge on any atom is -0.508 e. The second kappa shape index (κ2) is 5.42. The maximum Gasteiger partial charge on any atom is 0.324 e. The van der Waals surface area contributed by atoms with Crippen molar-refractivity contribution in [3.63, 3.8) is 0 Å². The topological polar surface area (TPSA) is 58.6 Å². The predicted octanol–water partition coefficient (Wildman–Crippen LogP) is 1.66. The number of para-hydroxylation sites is 1. The summed E-state index contributed by atoms with van der Waals surface area (Å²) in [6, 6.07) is 6.86. The Labute approximate surface area is 104 Å². The molecule has 0 radical (unpaired) electrons. The summed E-state index contributed by atoms with van der Waals surface area (Å²) in [7, 11) is 0. The highest BCUT2D eigenvalue weighted by Gasteiger charge is 2.32. The first kappa shape index (κ1) is 12.3. The smallest absolute Gasteiger partial charge is 0.324 e. The minimum atomic E-state index is -0.287. The Bertz CT molecular complexity index is 410. The molecule has 0 bridgehead atoms. The van der Waals surface area contributed by atoms with E-state index in [1.807, 2.05) is 12.1 Å². The average Bonchev–Trinajstić information content (AvgIpc) is 2.79. The van der Waals surface area contributed by atoms with E-state index in [2.05, 4.69) is 5.32 Å². The van der Waals surface area contributed by atoms with Crippen LogP contribution in [0.15, 0.2) is 24.3 Å². The number of rotatable bonds is 3. The number of hydrogen-bond acceptors (Lipinski definition) is 5. The van der Waals surface area contributed by atoms with Crippen molar-refractivity contribution >= 4 is 17.7 Å². The van der Waals surface area contributed by atoms with Crippen LogP contribution >= 0.6 is 11.8 Å². The van der Waals surface area contributed by atoms with Gasteiger partial charge in [0.25, 0.3) is 0 Å². The van der Waals surface area contributed by atoms with E-state index < -0.39 is 0 Å². The Hall–Kier alpha value is -1.20. The van der Waals surface area contributed by atoms with Crippen molar-refractivity contribution in [2.75, 3.05) is 12.4 Å². The van der Waals surface area contributed by atoms with Crippen LogP contribution in [0.4, 0.5) is 0 Å². The Morgan fingerprint density at radius 1 is 1.59 bits per heavy atom. The van der Waals surface area contributed by atoms with Crippen LogP contribution in [-0.2, 0) is 9.53 Å². The zero-order valence-corrected chi connectivity index (χ0v) is 10.4. The quantitative estimate of drug-likeness (QED) is 0.802. The van der Waals surface area contributed by atoms with Crippen LogP contribution in [0.5, 0.6) is 5.75 Å². The van der Waals surface area contributed by atoms with Gasteiger partial charge in [-0.1, -0.05) is 18.2 Å². The molecule has 1 saturated heterocycles. The van der Waals surface area contributed by atoms with Crippen molar-refractivity contribution in [1.29, 1.82) is 0 Å². The Morgan fingerprint density at radius 3 is 3.06 bits per heavy atom. The van der Waals surface area contributed by atoms with Crippen molar-refractivity contribution < 1.29 is 14.6 Å². The number of thioether (sulfide) groups is 1. The molecule has 1 aliphatic heterocycles. The summed E-state index contributed by atoms with van der Waals surface area (Å²) in [6.07, 6.45) is 0. The molecule has 0 aromatic heterocycles. The molecule has 1 aliphatic rings. The van der Waals surface area contributed by atoms with E-state index in [4.69, 9.17) is 4.74 Å². The molecule has 2 unspecified atom stereocenters. The molecule has 0 spiro atoms. The van der Waals surface area contributed by atoms with E-state index in [-0.39, 0.29) is 23.1 Å². The largest absolute Gasteiger partial charge is 0.508 e. The van der Waals surface area contributed by atoms with Gasteiger partial charge >= 0.3 is 5.97 Å². The van der Waals surface area contributed by atoms with Crippen molar-refractivity contribution in [3.05, 3.63) is 29.8 Å². The van der Waals surface area contributed by atoms with Crippen molar-refractivity contribution in [1.82, 2.24) is 5.32 Å². The molecule has 1 aromatic carbocycles. The normalized spacial score (nSPS) is 23.6. The third-order valence-electron chi connectivity index (χ3n) is 2.57. The second-order valence-electron chi connectivity index (χ2n) is 3.74. The van der Waals surface area contributed by atoms with Crippen LogP contribution in [-0.4, -0.2) is 29.5 Å². The van der Waals surface area contributed by atoms with Crippen LogP contribution in [0.3, 0.4) is 0 Å². The molecule has 2 N–H and O–H groups in total. The average molecular weight is 253 g/mol. The monoisotopic (exact) mass is 253 g/mol. The number of hydrogen-bond donors (Lipinski definition) is 2. The van der Waals surface area contributed by atoms with Gasteiger partial charge in [-0.2, -0.15) is 0 Å². The van der Waals surface area contributed by atoms with Gasteiger partial charge in [-0.25, -0.2) is 0 Å². The molecule has 5 heteroatoms. The highest BCUT2D eigenvalue weighted by atomic mass is 32.2. The molecule has 1 aromatic rings. The van der Waals surface area contributed by atoms with Gasteiger partial charge in [0.1, 0.15) is 11.8 Å². The molecule has 1 fully saturated rings. The van der Waals surface area contributed by atoms with Gasteiger partial charge in [-0.15, -0.1) is 11.8 Å². The number of nitrogens with one attached hydrogen (secondary N) is 1. The number of esters is 1. The maximum absolute atomic E-state index is 11.5. The first-order valence-electron chi connectivity index (χ1n) is 5.54. The molecule has 17 heavy (non-hydrogen) atoms. The molecular formula is C12H15NO3S. The molecule has 0 amide bonds. The number of phenols is 1. The second-order valence-corrected chi connectivity index (χ2v) is 4.88. The summed E-state index contributed by atoms with van der Waals surface area (Å²) in [5, 5.41) is 12.8. The molecule has 4 nitrogen and oxygen atoms in total. The lowest BCUT2D eigenvalue weighted by atomic mass is 10.2. The summed E-state index contributed by atoms with van der Waals surface area (Å²) in [5.74, 6) is 0.692. The number of ether oxygens (including phenoxy) is 1. The van der Waals surface area contributed by atoms with Crippen molar-refractivity contribution in [2.24, 2.45) is 0 Å². The van der Waals surface area contributed by atoms with Gasteiger partial charge < -0.3 is 9.84 Å². The van der Waals surface area contributed by atoms with Gasteiger partial charge in [-0.3, -0.25) is 10.1 Å². The number of carbonyl (C=O) groups excluding carboxylic acids is 1. The van der Waals surface area contributed by atoms with E-state index in [1.165, 1.54) is 0 Å². The summed E-state index contributed by atoms with van der Waals surface area (Å²) in [6.45, 7) is 2.18. The third kappa shape index (κ3) is 2.73. The fourth-order valence-corrected chi connectivity index (χ4v) is 3.00. The lowest BCUT2D eigenvalue weighted by molar-refractivity contribution is -0.144. The molecule has 1 heterocycles. The fraction of sp³-hybridized carbons (Fsp3) is 0.417. The van der Waals surface area contributed by atoms with Crippen LogP contribution < -0.4 is 5.32 Å². The van der Waals surface area contributed by atoms with E-state index in [0.29, 0.717) is 12.4 Å². The van der Waals surface area contributed by atoms with E-state index >= 15 is 0 Å². The lowest BCUT2D eigenvalue weighted by Crippen LogP contribution is -2.35. The molecule has 2 rings (SSSR count).